The van der Waals surface area contributed by atoms with Crippen molar-refractivity contribution in [3.05, 3.63) is 0 Å². The number of carbonyl (C=O) groups is 1. The van der Waals surface area contributed by atoms with Crippen molar-refractivity contribution >= 4 is 5.91 Å². The van der Waals surface area contributed by atoms with Crippen LogP contribution in [0.2, 0.25) is 0 Å². The maximum absolute atomic E-state index is 11.8. The molecule has 4 heteroatoms. The third-order valence-corrected chi connectivity index (χ3v) is 3.91. The van der Waals surface area contributed by atoms with E-state index in [1.807, 2.05) is 11.9 Å². The van der Waals surface area contributed by atoms with Crippen LogP contribution in [0.25, 0.3) is 0 Å². The highest BCUT2D eigenvalue weighted by atomic mass is 16.5. The zero-order valence-corrected chi connectivity index (χ0v) is 10.8. The van der Waals surface area contributed by atoms with Gasteiger partial charge >= 0.3 is 0 Å². The van der Waals surface area contributed by atoms with Crippen molar-refractivity contribution in [2.75, 3.05) is 33.3 Å². The van der Waals surface area contributed by atoms with E-state index in [2.05, 4.69) is 5.32 Å². The van der Waals surface area contributed by atoms with Gasteiger partial charge in [0.25, 0.3) is 0 Å². The minimum atomic E-state index is 0.135. The van der Waals surface area contributed by atoms with Crippen molar-refractivity contribution in [3.63, 3.8) is 0 Å². The van der Waals surface area contributed by atoms with Crippen molar-refractivity contribution < 1.29 is 9.53 Å². The van der Waals surface area contributed by atoms with E-state index in [-0.39, 0.29) is 18.6 Å². The van der Waals surface area contributed by atoms with Gasteiger partial charge in [-0.1, -0.05) is 6.42 Å². The quantitative estimate of drug-likeness (QED) is 0.780. The Balaban J connectivity index is 1.61. The molecular formula is C13H24N2O2. The summed E-state index contributed by atoms with van der Waals surface area (Å²) >= 11 is 0. The highest BCUT2D eigenvalue weighted by Gasteiger charge is 2.22. The van der Waals surface area contributed by atoms with Crippen LogP contribution in [0.15, 0.2) is 0 Å². The monoisotopic (exact) mass is 240 g/mol. The summed E-state index contributed by atoms with van der Waals surface area (Å²) in [7, 11) is 1.90. The van der Waals surface area contributed by atoms with Gasteiger partial charge in [0.05, 0.1) is 6.10 Å². The van der Waals surface area contributed by atoms with Gasteiger partial charge in [-0.05, 0) is 44.7 Å². The fourth-order valence-corrected chi connectivity index (χ4v) is 2.43. The second-order valence-corrected chi connectivity index (χ2v) is 5.33. The van der Waals surface area contributed by atoms with Crippen LogP contribution in [0.3, 0.4) is 0 Å². The number of nitrogens with one attached hydrogen (secondary N) is 1. The van der Waals surface area contributed by atoms with E-state index in [0.717, 1.165) is 38.4 Å². The molecule has 0 radical (unpaired) electrons. The molecule has 2 aliphatic rings. The first-order valence-electron chi connectivity index (χ1n) is 6.82. The predicted octanol–water partition coefficient (Wildman–Crippen LogP) is 1.01. The lowest BCUT2D eigenvalue weighted by molar-refractivity contribution is -0.138. The maximum atomic E-state index is 11.8. The number of carbonyl (C=O) groups excluding carboxylic acids is 1. The van der Waals surface area contributed by atoms with Crippen LogP contribution in [-0.2, 0) is 9.53 Å². The topological polar surface area (TPSA) is 41.6 Å². The lowest BCUT2D eigenvalue weighted by atomic mass is 9.85. The van der Waals surface area contributed by atoms with Gasteiger partial charge in [0.2, 0.25) is 5.91 Å². The van der Waals surface area contributed by atoms with E-state index < -0.39 is 0 Å². The Morgan fingerprint density at radius 1 is 1.29 bits per heavy atom. The van der Waals surface area contributed by atoms with Crippen LogP contribution in [0.5, 0.6) is 0 Å². The molecule has 0 unspecified atom stereocenters. The third kappa shape index (κ3) is 3.96. The summed E-state index contributed by atoms with van der Waals surface area (Å²) in [5, 5.41) is 3.29. The van der Waals surface area contributed by atoms with Gasteiger partial charge in [0.1, 0.15) is 6.61 Å². The molecular weight excluding hydrogens is 216 g/mol. The van der Waals surface area contributed by atoms with Crippen molar-refractivity contribution in [2.45, 2.75) is 38.2 Å². The second-order valence-electron chi connectivity index (χ2n) is 5.33. The van der Waals surface area contributed by atoms with Gasteiger partial charge in [-0.2, -0.15) is 0 Å². The summed E-state index contributed by atoms with van der Waals surface area (Å²) in [6.45, 7) is 3.19. The Morgan fingerprint density at radius 2 is 2.00 bits per heavy atom. The Kier molecular flexibility index (Phi) is 4.80. The second kappa shape index (κ2) is 6.36. The van der Waals surface area contributed by atoms with Gasteiger partial charge in [-0.25, -0.2) is 0 Å². The average Bonchev–Trinajstić information content (AvgIpc) is 2.32. The summed E-state index contributed by atoms with van der Waals surface area (Å²) in [6.07, 6.45) is 6.23. The molecule has 1 aliphatic heterocycles. The molecule has 0 aromatic carbocycles. The molecule has 1 N–H and O–H groups in total. The lowest BCUT2D eigenvalue weighted by Crippen LogP contribution is -2.39. The first-order chi connectivity index (χ1) is 8.25. The number of hydrogen-bond acceptors (Lipinski definition) is 3. The van der Waals surface area contributed by atoms with E-state index in [1.165, 1.54) is 19.3 Å². The Hall–Kier alpha value is -0.610. The number of ether oxygens (including phenoxy) is 1. The average molecular weight is 240 g/mol. The van der Waals surface area contributed by atoms with Crippen LogP contribution >= 0.6 is 0 Å². The summed E-state index contributed by atoms with van der Waals surface area (Å²) in [4.78, 5) is 13.7. The van der Waals surface area contributed by atoms with E-state index >= 15 is 0 Å². The molecule has 0 aromatic rings. The number of amides is 1. The van der Waals surface area contributed by atoms with Crippen molar-refractivity contribution in [2.24, 2.45) is 5.92 Å². The van der Waals surface area contributed by atoms with Gasteiger partial charge in [-0.3, -0.25) is 4.79 Å². The first kappa shape index (κ1) is 12.8. The van der Waals surface area contributed by atoms with Gasteiger partial charge in [0, 0.05) is 13.6 Å². The zero-order valence-electron chi connectivity index (χ0n) is 10.8. The molecule has 1 heterocycles. The zero-order chi connectivity index (χ0) is 12.1. The molecule has 1 amide bonds. The molecule has 17 heavy (non-hydrogen) atoms. The Labute approximate surface area is 104 Å². The first-order valence-corrected chi connectivity index (χ1v) is 6.82. The summed E-state index contributed by atoms with van der Waals surface area (Å²) in [5.41, 5.74) is 0. The van der Waals surface area contributed by atoms with Gasteiger partial charge < -0.3 is 15.0 Å². The van der Waals surface area contributed by atoms with E-state index in [4.69, 9.17) is 4.74 Å². The SMILES string of the molecule is CN(CC1CCC1)C(=O)COC1CCNCC1. The number of hydrogen-bond donors (Lipinski definition) is 1. The predicted molar refractivity (Wildman–Crippen MR) is 66.8 cm³/mol. The fourth-order valence-electron chi connectivity index (χ4n) is 2.43. The number of rotatable bonds is 5. The molecule has 0 bridgehead atoms. The normalized spacial score (nSPS) is 22.2. The molecule has 0 aromatic heterocycles. The summed E-state index contributed by atoms with van der Waals surface area (Å²) < 4.78 is 5.67. The smallest absolute Gasteiger partial charge is 0.248 e. The molecule has 1 saturated carbocycles. The lowest BCUT2D eigenvalue weighted by Gasteiger charge is -2.30. The molecule has 0 atom stereocenters. The Bertz CT molecular complexity index is 248. The van der Waals surface area contributed by atoms with Gasteiger partial charge in [0.15, 0.2) is 0 Å². The molecule has 0 spiro atoms. The van der Waals surface area contributed by atoms with Gasteiger partial charge in [-0.15, -0.1) is 0 Å². The minimum Gasteiger partial charge on any atom is -0.368 e. The van der Waals surface area contributed by atoms with Crippen molar-refractivity contribution in [3.8, 4) is 0 Å². The molecule has 2 rings (SSSR count). The fraction of sp³-hybridized carbons (Fsp3) is 0.923. The largest absolute Gasteiger partial charge is 0.368 e. The molecule has 4 nitrogen and oxygen atoms in total. The van der Waals surface area contributed by atoms with Crippen LogP contribution < -0.4 is 5.32 Å². The molecule has 1 aliphatic carbocycles. The molecule has 2 fully saturated rings. The maximum Gasteiger partial charge on any atom is 0.248 e. The third-order valence-electron chi connectivity index (χ3n) is 3.91. The molecule has 98 valence electrons. The Morgan fingerprint density at radius 3 is 2.59 bits per heavy atom. The van der Waals surface area contributed by atoms with E-state index in [9.17, 15) is 4.79 Å². The minimum absolute atomic E-state index is 0.135. The van der Waals surface area contributed by atoms with Crippen LogP contribution in [0.1, 0.15) is 32.1 Å². The number of nitrogens with zero attached hydrogens (tertiary/aromatic N) is 1. The summed E-state index contributed by atoms with van der Waals surface area (Å²) in [6, 6.07) is 0. The highest BCUT2D eigenvalue weighted by molar-refractivity contribution is 5.77. The standard InChI is InChI=1S/C13H24N2O2/c1-15(9-11-3-2-4-11)13(16)10-17-12-5-7-14-8-6-12/h11-12,14H,2-10H2,1H3. The van der Waals surface area contributed by atoms with Crippen LogP contribution in [0.4, 0.5) is 0 Å². The number of piperidine rings is 1. The highest BCUT2D eigenvalue weighted by Crippen LogP contribution is 2.26. The van der Waals surface area contributed by atoms with E-state index in [0.29, 0.717) is 0 Å². The van der Waals surface area contributed by atoms with Crippen LogP contribution in [0, 0.1) is 5.92 Å². The van der Waals surface area contributed by atoms with Crippen LogP contribution in [-0.4, -0.2) is 50.2 Å². The molecule has 1 saturated heterocycles. The van der Waals surface area contributed by atoms with Crippen molar-refractivity contribution in [1.29, 1.82) is 0 Å². The summed E-state index contributed by atoms with van der Waals surface area (Å²) in [5.74, 6) is 0.873. The number of likely N-dealkylation sites (N-methyl/N-ethyl adjacent to an activating group) is 1. The van der Waals surface area contributed by atoms with E-state index in [1.54, 1.807) is 0 Å². The van der Waals surface area contributed by atoms with Crippen molar-refractivity contribution in [1.82, 2.24) is 10.2 Å².